The van der Waals surface area contributed by atoms with Crippen LogP contribution in [0.25, 0.3) is 0 Å². The minimum atomic E-state index is -0.379. The molecule has 24 heavy (non-hydrogen) atoms. The molecule has 130 valence electrons. The van der Waals surface area contributed by atoms with E-state index in [1.165, 1.54) is 0 Å². The number of nitrogens with zero attached hydrogens (tertiary/aromatic N) is 2. The molecule has 2 atom stereocenters. The molecule has 3 rings (SSSR count). The lowest BCUT2D eigenvalue weighted by Crippen LogP contribution is -2.53. The highest BCUT2D eigenvalue weighted by Gasteiger charge is 2.39. The molecule has 7 nitrogen and oxygen atoms in total. The van der Waals surface area contributed by atoms with E-state index in [4.69, 9.17) is 4.74 Å². The Balaban J connectivity index is 1.87. The standard InChI is InChI=1S/C17H23N3O4/c1-24-9-7-18-17(21)14-11-12-10-13(20(22)23)5-6-15(12)19-8-3-2-4-16(14)19/h5-6,10,14,16H,2-4,7-9,11H2,1H3,(H,18,21)/t14-,16+/m1/s1. The summed E-state index contributed by atoms with van der Waals surface area (Å²) in [4.78, 5) is 25.6. The fraction of sp³-hybridized carbons (Fsp3) is 0.588. The number of carbonyl (C=O) groups excluding carboxylic acids is 1. The van der Waals surface area contributed by atoms with Gasteiger partial charge in [0, 0.05) is 44.1 Å². The Morgan fingerprint density at radius 1 is 1.46 bits per heavy atom. The van der Waals surface area contributed by atoms with E-state index in [9.17, 15) is 14.9 Å². The van der Waals surface area contributed by atoms with Crippen LogP contribution in [0, 0.1) is 16.0 Å². The number of hydrogen-bond acceptors (Lipinski definition) is 5. The molecule has 0 aliphatic carbocycles. The maximum absolute atomic E-state index is 12.6. The molecular formula is C17H23N3O4. The summed E-state index contributed by atoms with van der Waals surface area (Å²) in [6.07, 6.45) is 3.74. The fourth-order valence-corrected chi connectivity index (χ4v) is 3.85. The summed E-state index contributed by atoms with van der Waals surface area (Å²) in [5.74, 6) is -0.155. The van der Waals surface area contributed by atoms with Crippen LogP contribution < -0.4 is 10.2 Å². The van der Waals surface area contributed by atoms with Crippen molar-refractivity contribution in [2.45, 2.75) is 31.7 Å². The molecule has 1 saturated heterocycles. The van der Waals surface area contributed by atoms with Gasteiger partial charge in [0.15, 0.2) is 0 Å². The zero-order chi connectivity index (χ0) is 17.1. The Morgan fingerprint density at radius 3 is 3.04 bits per heavy atom. The van der Waals surface area contributed by atoms with Crippen molar-refractivity contribution in [1.82, 2.24) is 5.32 Å². The highest BCUT2D eigenvalue weighted by atomic mass is 16.6. The lowest BCUT2D eigenvalue weighted by Gasteiger charge is -2.45. The van der Waals surface area contributed by atoms with Gasteiger partial charge in [0.2, 0.25) is 5.91 Å². The van der Waals surface area contributed by atoms with E-state index in [2.05, 4.69) is 10.2 Å². The van der Waals surface area contributed by atoms with Crippen LogP contribution in [0.5, 0.6) is 0 Å². The Morgan fingerprint density at radius 2 is 2.29 bits per heavy atom. The van der Waals surface area contributed by atoms with Crippen molar-refractivity contribution in [2.75, 3.05) is 31.7 Å². The average Bonchev–Trinajstić information content (AvgIpc) is 2.60. The number of nitrogens with one attached hydrogen (secondary N) is 1. The van der Waals surface area contributed by atoms with Crippen molar-refractivity contribution < 1.29 is 14.5 Å². The molecule has 2 aliphatic heterocycles. The molecule has 1 aromatic carbocycles. The maximum Gasteiger partial charge on any atom is 0.269 e. The van der Waals surface area contributed by atoms with E-state index in [1.54, 1.807) is 19.2 Å². The summed E-state index contributed by atoms with van der Waals surface area (Å²) in [7, 11) is 1.60. The Kier molecular flexibility index (Phi) is 4.99. The van der Waals surface area contributed by atoms with Crippen LogP contribution in [0.3, 0.4) is 0 Å². The van der Waals surface area contributed by atoms with Gasteiger partial charge in [-0.25, -0.2) is 0 Å². The minimum Gasteiger partial charge on any atom is -0.383 e. The number of benzene rings is 1. The molecule has 1 amide bonds. The highest BCUT2D eigenvalue weighted by Crippen LogP contribution is 2.39. The number of nitro benzene ring substituents is 1. The zero-order valence-corrected chi connectivity index (χ0v) is 13.9. The zero-order valence-electron chi connectivity index (χ0n) is 13.9. The molecule has 1 fully saturated rings. The van der Waals surface area contributed by atoms with E-state index < -0.39 is 0 Å². The van der Waals surface area contributed by atoms with Crippen molar-refractivity contribution >= 4 is 17.3 Å². The Labute approximate surface area is 141 Å². The average molecular weight is 333 g/mol. The number of anilines is 1. The van der Waals surface area contributed by atoms with E-state index >= 15 is 0 Å². The smallest absolute Gasteiger partial charge is 0.269 e. The summed E-state index contributed by atoms with van der Waals surface area (Å²) < 4.78 is 4.98. The first-order chi connectivity index (χ1) is 11.6. The lowest BCUT2D eigenvalue weighted by molar-refractivity contribution is -0.384. The van der Waals surface area contributed by atoms with Crippen LogP contribution in [0.1, 0.15) is 24.8 Å². The number of amides is 1. The van der Waals surface area contributed by atoms with E-state index in [0.717, 1.165) is 37.1 Å². The number of hydrogen-bond donors (Lipinski definition) is 1. The second-order valence-corrected chi connectivity index (χ2v) is 6.42. The molecule has 0 radical (unpaired) electrons. The third-order valence-electron chi connectivity index (χ3n) is 4.98. The van der Waals surface area contributed by atoms with Crippen LogP contribution in [0.15, 0.2) is 18.2 Å². The largest absolute Gasteiger partial charge is 0.383 e. The van der Waals surface area contributed by atoms with Gasteiger partial charge in [-0.15, -0.1) is 0 Å². The molecule has 0 saturated carbocycles. The third kappa shape index (κ3) is 3.21. The Hall–Kier alpha value is -2.15. The predicted molar refractivity (Wildman–Crippen MR) is 90.2 cm³/mol. The summed E-state index contributed by atoms with van der Waals surface area (Å²) in [6, 6.07) is 5.19. The van der Waals surface area contributed by atoms with Crippen LogP contribution in [-0.4, -0.2) is 43.7 Å². The van der Waals surface area contributed by atoms with Crippen LogP contribution >= 0.6 is 0 Å². The van der Waals surface area contributed by atoms with E-state index in [1.807, 2.05) is 6.07 Å². The first-order valence-corrected chi connectivity index (χ1v) is 8.42. The summed E-state index contributed by atoms with van der Waals surface area (Å²) >= 11 is 0. The van der Waals surface area contributed by atoms with Gasteiger partial charge in [-0.05, 0) is 37.3 Å². The van der Waals surface area contributed by atoms with Crippen molar-refractivity contribution in [2.24, 2.45) is 5.92 Å². The Bertz CT molecular complexity index is 634. The van der Waals surface area contributed by atoms with Crippen molar-refractivity contribution in [1.29, 1.82) is 0 Å². The first kappa shape index (κ1) is 16.7. The summed E-state index contributed by atoms with van der Waals surface area (Å²) in [6.45, 7) is 1.87. The topological polar surface area (TPSA) is 84.7 Å². The van der Waals surface area contributed by atoms with Gasteiger partial charge in [-0.3, -0.25) is 14.9 Å². The van der Waals surface area contributed by atoms with Gasteiger partial charge in [0.1, 0.15) is 0 Å². The van der Waals surface area contributed by atoms with Crippen molar-refractivity contribution in [3.63, 3.8) is 0 Å². The lowest BCUT2D eigenvalue weighted by atomic mass is 9.80. The quantitative estimate of drug-likeness (QED) is 0.505. The molecule has 2 heterocycles. The van der Waals surface area contributed by atoms with Crippen LogP contribution in [-0.2, 0) is 16.0 Å². The van der Waals surface area contributed by atoms with Crippen molar-refractivity contribution in [3.05, 3.63) is 33.9 Å². The van der Waals surface area contributed by atoms with Gasteiger partial charge < -0.3 is 15.0 Å². The van der Waals surface area contributed by atoms with Crippen LogP contribution in [0.4, 0.5) is 11.4 Å². The molecule has 1 N–H and O–H groups in total. The van der Waals surface area contributed by atoms with Crippen LogP contribution in [0.2, 0.25) is 0 Å². The molecule has 1 aromatic rings. The highest BCUT2D eigenvalue weighted by molar-refractivity contribution is 5.82. The second-order valence-electron chi connectivity index (χ2n) is 6.42. The van der Waals surface area contributed by atoms with Gasteiger partial charge in [0.05, 0.1) is 17.4 Å². The number of fused-ring (bicyclic) bond motifs is 3. The monoisotopic (exact) mass is 333 g/mol. The first-order valence-electron chi connectivity index (χ1n) is 8.42. The maximum atomic E-state index is 12.6. The number of piperidine rings is 1. The third-order valence-corrected chi connectivity index (χ3v) is 4.98. The van der Waals surface area contributed by atoms with Gasteiger partial charge in [0.25, 0.3) is 5.69 Å². The van der Waals surface area contributed by atoms with Crippen molar-refractivity contribution in [3.8, 4) is 0 Å². The molecule has 0 bridgehead atoms. The number of nitro groups is 1. The second kappa shape index (κ2) is 7.17. The number of rotatable bonds is 5. The fourth-order valence-electron chi connectivity index (χ4n) is 3.85. The number of ether oxygens (including phenoxy) is 1. The van der Waals surface area contributed by atoms with Gasteiger partial charge >= 0.3 is 0 Å². The molecule has 2 aliphatic rings. The summed E-state index contributed by atoms with van der Waals surface area (Å²) in [5.41, 5.74) is 2.03. The minimum absolute atomic E-state index is 0.0149. The van der Waals surface area contributed by atoms with Gasteiger partial charge in [-0.2, -0.15) is 0 Å². The number of methoxy groups -OCH3 is 1. The predicted octanol–water partition coefficient (Wildman–Crippen LogP) is 1.89. The number of non-ortho nitro benzene ring substituents is 1. The number of carbonyl (C=O) groups is 1. The SMILES string of the molecule is COCCNC(=O)[C@@H]1Cc2cc([N+](=O)[O-])ccc2N2CCCC[C@@H]12. The molecular weight excluding hydrogens is 310 g/mol. The van der Waals surface area contributed by atoms with E-state index in [0.29, 0.717) is 19.6 Å². The molecule has 0 unspecified atom stereocenters. The van der Waals surface area contributed by atoms with Gasteiger partial charge in [-0.1, -0.05) is 0 Å². The normalized spacial score (nSPS) is 22.5. The molecule has 7 heteroatoms. The molecule has 0 aromatic heterocycles. The molecule has 0 spiro atoms. The summed E-state index contributed by atoms with van der Waals surface area (Å²) in [5, 5.41) is 14.0. The van der Waals surface area contributed by atoms with E-state index in [-0.39, 0.29) is 28.5 Å².